The summed E-state index contributed by atoms with van der Waals surface area (Å²) in [6.07, 6.45) is 0.0157. The molecule has 2 aliphatic rings. The van der Waals surface area contributed by atoms with E-state index in [1.807, 2.05) is 51.1 Å². The molecule has 0 bridgehead atoms. The highest BCUT2D eigenvalue weighted by Crippen LogP contribution is 2.26. The smallest absolute Gasteiger partial charge is 0.410 e. The van der Waals surface area contributed by atoms with Gasteiger partial charge in [-0.15, -0.1) is 12.6 Å². The van der Waals surface area contributed by atoms with Gasteiger partial charge in [-0.3, -0.25) is 19.3 Å². The lowest BCUT2D eigenvalue weighted by Gasteiger charge is -2.25. The van der Waals surface area contributed by atoms with E-state index in [1.54, 1.807) is 0 Å². The minimum absolute atomic E-state index is 0.0733. The molecular weight excluding hydrogens is 458 g/mol. The zero-order chi connectivity index (χ0) is 24.9. The van der Waals surface area contributed by atoms with Crippen LogP contribution in [0.2, 0.25) is 0 Å². The molecule has 0 aliphatic carbocycles. The van der Waals surface area contributed by atoms with Gasteiger partial charge in [0.15, 0.2) is 0 Å². The molecule has 2 aliphatic heterocycles. The molecule has 3 rings (SSSR count). The van der Waals surface area contributed by atoms with Crippen LogP contribution in [0.1, 0.15) is 45.6 Å². The summed E-state index contributed by atoms with van der Waals surface area (Å²) in [6, 6.07) is 7.44. The van der Waals surface area contributed by atoms with Gasteiger partial charge in [-0.2, -0.15) is 0 Å². The first-order chi connectivity index (χ1) is 16.0. The van der Waals surface area contributed by atoms with E-state index in [1.165, 1.54) is 4.90 Å². The topological polar surface area (TPSA) is 114 Å². The van der Waals surface area contributed by atoms with Crippen LogP contribution >= 0.6 is 12.6 Å². The van der Waals surface area contributed by atoms with Crippen LogP contribution in [0.3, 0.4) is 0 Å². The highest BCUT2D eigenvalue weighted by molar-refractivity contribution is 7.96. The maximum Gasteiger partial charge on any atom is 0.410 e. The molecule has 1 aromatic rings. The molecule has 9 nitrogen and oxygen atoms in total. The van der Waals surface area contributed by atoms with Crippen molar-refractivity contribution in [1.82, 2.24) is 15.5 Å². The number of nitrogens with one attached hydrogen (secondary N) is 2. The number of ether oxygens (including phenoxy) is 2. The third kappa shape index (κ3) is 7.20. The molecule has 34 heavy (non-hydrogen) atoms. The van der Waals surface area contributed by atoms with Crippen LogP contribution in [0.5, 0.6) is 0 Å². The molecule has 2 N–H and O–H groups in total. The zero-order valence-electron chi connectivity index (χ0n) is 19.8. The summed E-state index contributed by atoms with van der Waals surface area (Å²) in [7, 11) is 0. The summed E-state index contributed by atoms with van der Waals surface area (Å²) < 4.78 is 11.5. The molecule has 10 heteroatoms. The van der Waals surface area contributed by atoms with Gasteiger partial charge in [0.25, 0.3) is 0 Å². The van der Waals surface area contributed by atoms with Crippen molar-refractivity contribution in [2.75, 3.05) is 13.1 Å². The van der Waals surface area contributed by atoms with Crippen LogP contribution in [-0.4, -0.2) is 64.8 Å². The fourth-order valence-electron chi connectivity index (χ4n) is 4.28. The molecule has 0 radical (unpaired) electrons. The zero-order valence-corrected chi connectivity index (χ0v) is 20.7. The van der Waals surface area contributed by atoms with Crippen molar-refractivity contribution in [2.45, 2.75) is 70.4 Å². The van der Waals surface area contributed by atoms with Gasteiger partial charge in [0.05, 0.1) is 24.3 Å². The summed E-state index contributed by atoms with van der Waals surface area (Å²) in [5.74, 6) is -1.00. The Kier molecular flexibility index (Phi) is 8.59. The van der Waals surface area contributed by atoms with Crippen molar-refractivity contribution < 1.29 is 28.7 Å². The van der Waals surface area contributed by atoms with E-state index in [9.17, 15) is 19.2 Å². The van der Waals surface area contributed by atoms with Crippen molar-refractivity contribution in [2.24, 2.45) is 5.92 Å². The van der Waals surface area contributed by atoms with Crippen LogP contribution < -0.4 is 10.6 Å². The van der Waals surface area contributed by atoms with E-state index < -0.39 is 34.8 Å². The Morgan fingerprint density at radius 3 is 2.53 bits per heavy atom. The van der Waals surface area contributed by atoms with Crippen molar-refractivity contribution >= 4 is 35.7 Å². The highest BCUT2D eigenvalue weighted by atomic mass is 32.1. The van der Waals surface area contributed by atoms with Crippen LogP contribution in [0.25, 0.3) is 0 Å². The number of rotatable bonds is 8. The summed E-state index contributed by atoms with van der Waals surface area (Å²) >= 11 is 3.91. The van der Waals surface area contributed by atoms with Crippen LogP contribution in [0, 0.1) is 5.92 Å². The van der Waals surface area contributed by atoms with E-state index in [-0.39, 0.29) is 43.9 Å². The minimum Gasteiger partial charge on any atom is -0.445 e. The molecule has 2 saturated heterocycles. The first kappa shape index (κ1) is 26.0. The lowest BCUT2D eigenvalue weighted by Crippen LogP contribution is -2.51. The largest absolute Gasteiger partial charge is 0.445 e. The minimum atomic E-state index is -0.936. The average Bonchev–Trinajstić information content (AvgIpc) is 3.37. The van der Waals surface area contributed by atoms with Crippen molar-refractivity contribution in [1.29, 1.82) is 0 Å². The van der Waals surface area contributed by atoms with Gasteiger partial charge >= 0.3 is 6.09 Å². The fourth-order valence-corrected chi connectivity index (χ4v) is 4.45. The Labute approximate surface area is 205 Å². The number of hydrogen-bond donors (Lipinski definition) is 3. The molecular formula is C24H33N3O6S. The number of benzene rings is 1. The summed E-state index contributed by atoms with van der Waals surface area (Å²) in [5, 5.41) is 4.89. The predicted octanol–water partition coefficient (Wildman–Crippen LogP) is 2.05. The summed E-state index contributed by atoms with van der Waals surface area (Å²) in [6.45, 7) is 6.51. The lowest BCUT2D eigenvalue weighted by molar-refractivity contribution is -0.129. The van der Waals surface area contributed by atoms with Crippen LogP contribution in [-0.2, 0) is 30.5 Å². The monoisotopic (exact) mass is 491 g/mol. The standard InChI is InChI=1S/C24H33N3O6S/c1-24(2,3)33-17-12-19(27(13-17)23(31)32-14-15-7-5-4-6-8-15)21(29)26-18(22(30)34)11-16-9-10-25-20(16)28/h4-8,16-19H,9-14H2,1-3H3,(H,25,28)(H,26,29)(H,30,34)/t16-,17+,18-,19-/m0/s1. The van der Waals surface area contributed by atoms with Crippen LogP contribution in [0.4, 0.5) is 4.79 Å². The predicted molar refractivity (Wildman–Crippen MR) is 128 cm³/mol. The van der Waals surface area contributed by atoms with Crippen molar-refractivity contribution in [3.63, 3.8) is 0 Å². The molecule has 2 fully saturated rings. The Hall–Kier alpha value is -2.59. The second kappa shape index (κ2) is 11.2. The fraction of sp³-hybridized carbons (Fsp3) is 0.583. The number of hydrogen-bond acceptors (Lipinski definition) is 6. The number of carbonyl (C=O) groups excluding carboxylic acids is 4. The Balaban J connectivity index is 1.69. The average molecular weight is 492 g/mol. The molecule has 0 spiro atoms. The number of carbonyl (C=O) groups is 4. The van der Waals surface area contributed by atoms with E-state index in [0.717, 1.165) is 5.56 Å². The third-order valence-electron chi connectivity index (χ3n) is 5.82. The van der Waals surface area contributed by atoms with Crippen molar-refractivity contribution in [3.05, 3.63) is 35.9 Å². The highest BCUT2D eigenvalue weighted by Gasteiger charge is 2.43. The van der Waals surface area contributed by atoms with Crippen molar-refractivity contribution in [3.8, 4) is 0 Å². The Morgan fingerprint density at radius 1 is 1.24 bits per heavy atom. The van der Waals surface area contributed by atoms with E-state index >= 15 is 0 Å². The molecule has 186 valence electrons. The summed E-state index contributed by atoms with van der Waals surface area (Å²) in [4.78, 5) is 51.5. The molecule has 0 aromatic heterocycles. The first-order valence-electron chi connectivity index (χ1n) is 11.5. The quantitative estimate of drug-likeness (QED) is 0.480. The number of likely N-dealkylation sites (tertiary alicyclic amines) is 1. The molecule has 0 unspecified atom stereocenters. The maximum atomic E-state index is 13.2. The summed E-state index contributed by atoms with van der Waals surface area (Å²) in [5.41, 5.74) is 0.365. The van der Waals surface area contributed by atoms with Gasteiger partial charge in [0.1, 0.15) is 12.6 Å². The first-order valence-corrected chi connectivity index (χ1v) is 11.9. The molecule has 0 saturated carbocycles. The molecule has 4 atom stereocenters. The normalized spacial score (nSPS) is 23.4. The van der Waals surface area contributed by atoms with Gasteiger partial charge in [-0.25, -0.2) is 4.79 Å². The lowest BCUT2D eigenvalue weighted by atomic mass is 9.98. The van der Waals surface area contributed by atoms with Gasteiger partial charge in [-0.1, -0.05) is 30.3 Å². The molecule has 2 heterocycles. The van der Waals surface area contributed by atoms with Gasteiger partial charge in [-0.05, 0) is 39.2 Å². The Bertz CT molecular complexity index is 904. The third-order valence-corrected chi connectivity index (χ3v) is 6.13. The van der Waals surface area contributed by atoms with E-state index in [0.29, 0.717) is 13.0 Å². The number of thiol groups is 1. The van der Waals surface area contributed by atoms with E-state index in [4.69, 9.17) is 9.47 Å². The molecule has 1 aromatic carbocycles. The maximum absolute atomic E-state index is 13.2. The van der Waals surface area contributed by atoms with Gasteiger partial charge < -0.3 is 20.1 Å². The Morgan fingerprint density at radius 2 is 1.94 bits per heavy atom. The second-order valence-corrected chi connectivity index (χ2v) is 10.1. The second-order valence-electron chi connectivity index (χ2n) is 9.71. The molecule has 3 amide bonds. The van der Waals surface area contributed by atoms with E-state index in [2.05, 4.69) is 23.3 Å². The van der Waals surface area contributed by atoms with Crippen LogP contribution in [0.15, 0.2) is 30.3 Å². The van der Waals surface area contributed by atoms with Gasteiger partial charge in [0.2, 0.25) is 16.9 Å². The van der Waals surface area contributed by atoms with Gasteiger partial charge in [0, 0.05) is 18.9 Å². The number of nitrogens with zero attached hydrogens (tertiary/aromatic N) is 1. The SMILES string of the molecule is CC(C)(C)O[C@@H]1C[C@@H](C(=O)N[C@@H](C[C@@H]2CCNC2=O)C(=O)S)N(C(=O)OCc2ccccc2)C1. The number of amides is 3.